The number of hydrogen-bond acceptors (Lipinski definition) is 4. The topological polar surface area (TPSA) is 43.8 Å². The lowest BCUT2D eigenvalue weighted by Crippen LogP contribution is -2.47. The van der Waals surface area contributed by atoms with Crippen LogP contribution >= 0.6 is 35.3 Å². The molecule has 1 fully saturated rings. The van der Waals surface area contributed by atoms with Gasteiger partial charge in [0.2, 0.25) is 0 Å². The summed E-state index contributed by atoms with van der Waals surface area (Å²) in [7, 11) is 3.94. The van der Waals surface area contributed by atoms with Crippen molar-refractivity contribution in [1.29, 1.82) is 0 Å². The molecule has 1 aromatic rings. The van der Waals surface area contributed by atoms with Crippen LogP contribution in [0.2, 0.25) is 0 Å². The maximum Gasteiger partial charge on any atom is 0.193 e. The molecule has 2 heterocycles. The van der Waals surface area contributed by atoms with Gasteiger partial charge in [-0.1, -0.05) is 13.8 Å². The van der Waals surface area contributed by atoms with Gasteiger partial charge in [0.25, 0.3) is 0 Å². The standard InChI is InChI=1S/C18H33N5S.HI/c1-14(2)10-17(23-8-6-7-9-23)11-20-18(19-4)22(5)12-16-13-24-15(3)21-16;/h13-14,17H,6-12H2,1-5H3,(H,19,20);1H. The van der Waals surface area contributed by atoms with Crippen LogP contribution in [0.4, 0.5) is 0 Å². The van der Waals surface area contributed by atoms with Gasteiger partial charge in [-0.05, 0) is 45.2 Å². The zero-order chi connectivity index (χ0) is 17.5. The van der Waals surface area contributed by atoms with E-state index in [2.05, 4.69) is 51.4 Å². The van der Waals surface area contributed by atoms with E-state index in [1.165, 1.54) is 32.4 Å². The van der Waals surface area contributed by atoms with Crippen LogP contribution in [0, 0.1) is 12.8 Å². The number of rotatable bonds is 7. The molecule has 1 aromatic heterocycles. The number of aromatic nitrogens is 1. The molecule has 5 nitrogen and oxygen atoms in total. The molecule has 0 radical (unpaired) electrons. The van der Waals surface area contributed by atoms with Gasteiger partial charge < -0.3 is 10.2 Å². The van der Waals surface area contributed by atoms with E-state index in [-0.39, 0.29) is 24.0 Å². The fourth-order valence-corrected chi connectivity index (χ4v) is 4.01. The number of guanidine groups is 1. The Morgan fingerprint density at radius 2 is 2.08 bits per heavy atom. The summed E-state index contributed by atoms with van der Waals surface area (Å²) < 4.78 is 0. The van der Waals surface area contributed by atoms with Crippen molar-refractivity contribution >= 4 is 41.3 Å². The molecule has 1 N–H and O–H groups in total. The van der Waals surface area contributed by atoms with E-state index in [9.17, 15) is 0 Å². The highest BCUT2D eigenvalue weighted by Gasteiger charge is 2.23. The minimum atomic E-state index is 0. The van der Waals surface area contributed by atoms with Crippen molar-refractivity contribution in [3.8, 4) is 0 Å². The Hall–Kier alpha value is -0.410. The predicted octanol–water partition coefficient (Wildman–Crippen LogP) is 3.59. The fraction of sp³-hybridized carbons (Fsp3) is 0.778. The first-order chi connectivity index (χ1) is 11.5. The molecular weight excluding hydrogens is 445 g/mol. The van der Waals surface area contributed by atoms with Crippen LogP contribution in [0.15, 0.2) is 10.4 Å². The normalized spacial score (nSPS) is 16.8. The van der Waals surface area contributed by atoms with Gasteiger partial charge in [-0.2, -0.15) is 0 Å². The number of hydrogen-bond donors (Lipinski definition) is 1. The van der Waals surface area contributed by atoms with Gasteiger partial charge in [-0.25, -0.2) is 4.98 Å². The monoisotopic (exact) mass is 479 g/mol. The van der Waals surface area contributed by atoms with Crippen molar-refractivity contribution in [2.24, 2.45) is 10.9 Å². The fourth-order valence-electron chi connectivity index (χ4n) is 3.40. The van der Waals surface area contributed by atoms with E-state index in [4.69, 9.17) is 0 Å². The molecular formula is C18H34IN5S. The van der Waals surface area contributed by atoms with Crippen molar-refractivity contribution in [3.63, 3.8) is 0 Å². The van der Waals surface area contributed by atoms with Crippen LogP contribution in [-0.2, 0) is 6.54 Å². The van der Waals surface area contributed by atoms with Crippen LogP contribution in [0.3, 0.4) is 0 Å². The van der Waals surface area contributed by atoms with E-state index >= 15 is 0 Å². The largest absolute Gasteiger partial charge is 0.355 e. The number of thiazole rings is 1. The Kier molecular flexibility index (Phi) is 10.3. The molecule has 7 heteroatoms. The van der Waals surface area contributed by atoms with Crippen molar-refractivity contribution in [2.45, 2.75) is 52.6 Å². The highest BCUT2D eigenvalue weighted by Crippen LogP contribution is 2.17. The molecule has 1 aliphatic heterocycles. The third-order valence-corrected chi connectivity index (χ3v) is 5.36. The quantitative estimate of drug-likeness (QED) is 0.369. The number of halogens is 1. The first kappa shape index (κ1) is 22.6. The summed E-state index contributed by atoms with van der Waals surface area (Å²) in [6.45, 7) is 10.9. The van der Waals surface area contributed by atoms with E-state index < -0.39 is 0 Å². The molecule has 1 aliphatic rings. The van der Waals surface area contributed by atoms with Crippen LogP contribution in [-0.4, -0.2) is 60.5 Å². The van der Waals surface area contributed by atoms with Crippen LogP contribution in [0.5, 0.6) is 0 Å². The van der Waals surface area contributed by atoms with Crippen molar-refractivity contribution in [2.75, 3.05) is 33.7 Å². The molecule has 144 valence electrons. The predicted molar refractivity (Wildman–Crippen MR) is 119 cm³/mol. The Labute approximate surface area is 174 Å². The minimum Gasteiger partial charge on any atom is -0.355 e. The van der Waals surface area contributed by atoms with Gasteiger partial charge in [0.05, 0.1) is 17.2 Å². The third kappa shape index (κ3) is 7.38. The summed E-state index contributed by atoms with van der Waals surface area (Å²) in [5, 5.41) is 6.84. The number of likely N-dealkylation sites (tertiary alicyclic amines) is 1. The molecule has 1 atom stereocenters. The second-order valence-electron chi connectivity index (χ2n) is 7.17. The second-order valence-corrected chi connectivity index (χ2v) is 8.23. The Bertz CT molecular complexity index is 525. The molecule has 0 amide bonds. The lowest BCUT2D eigenvalue weighted by molar-refractivity contribution is 0.211. The molecule has 0 saturated carbocycles. The van der Waals surface area contributed by atoms with Gasteiger partial charge in [-0.3, -0.25) is 9.89 Å². The summed E-state index contributed by atoms with van der Waals surface area (Å²) in [4.78, 5) is 13.8. The molecule has 0 bridgehead atoms. The van der Waals surface area contributed by atoms with Gasteiger partial charge in [0.1, 0.15) is 0 Å². The molecule has 0 spiro atoms. The molecule has 0 aliphatic carbocycles. The summed E-state index contributed by atoms with van der Waals surface area (Å²) in [5.41, 5.74) is 1.11. The van der Waals surface area contributed by atoms with Crippen LogP contribution in [0.1, 0.15) is 43.8 Å². The maximum absolute atomic E-state index is 4.55. The summed E-state index contributed by atoms with van der Waals surface area (Å²) in [6.07, 6.45) is 3.91. The SMILES string of the molecule is CN=C(NCC(CC(C)C)N1CCCC1)N(C)Cc1csc(C)n1.I. The number of nitrogens with one attached hydrogen (secondary N) is 1. The van der Waals surface area contributed by atoms with E-state index in [1.807, 2.05) is 14.0 Å². The van der Waals surface area contributed by atoms with Gasteiger partial charge in [0, 0.05) is 32.1 Å². The second kappa shape index (κ2) is 11.3. The van der Waals surface area contributed by atoms with E-state index in [0.29, 0.717) is 6.04 Å². The van der Waals surface area contributed by atoms with Crippen LogP contribution < -0.4 is 5.32 Å². The van der Waals surface area contributed by atoms with Crippen molar-refractivity contribution in [3.05, 3.63) is 16.1 Å². The van der Waals surface area contributed by atoms with Gasteiger partial charge in [-0.15, -0.1) is 35.3 Å². The van der Waals surface area contributed by atoms with Gasteiger partial charge in [0.15, 0.2) is 5.96 Å². The average Bonchev–Trinajstić information content (AvgIpc) is 3.18. The molecule has 2 rings (SSSR count). The molecule has 25 heavy (non-hydrogen) atoms. The highest BCUT2D eigenvalue weighted by atomic mass is 127. The Balaban J connectivity index is 0.00000312. The van der Waals surface area contributed by atoms with Crippen molar-refractivity contribution < 1.29 is 0 Å². The Morgan fingerprint density at radius 1 is 1.40 bits per heavy atom. The average molecular weight is 479 g/mol. The van der Waals surface area contributed by atoms with Crippen molar-refractivity contribution in [1.82, 2.24) is 20.1 Å². The molecule has 1 unspecified atom stereocenters. The van der Waals surface area contributed by atoms with E-state index in [0.717, 1.165) is 35.7 Å². The summed E-state index contributed by atoms with van der Waals surface area (Å²) >= 11 is 1.70. The summed E-state index contributed by atoms with van der Waals surface area (Å²) in [5.74, 6) is 1.67. The number of nitrogens with zero attached hydrogens (tertiary/aromatic N) is 4. The first-order valence-electron chi connectivity index (χ1n) is 9.06. The maximum atomic E-state index is 4.55. The first-order valence-corrected chi connectivity index (χ1v) is 9.94. The minimum absolute atomic E-state index is 0. The zero-order valence-corrected chi connectivity index (χ0v) is 19.4. The Morgan fingerprint density at radius 3 is 2.60 bits per heavy atom. The number of aliphatic imine (C=N–C) groups is 1. The lowest BCUT2D eigenvalue weighted by atomic mass is 10.0. The number of aryl methyl sites for hydroxylation is 1. The summed E-state index contributed by atoms with van der Waals surface area (Å²) in [6, 6.07) is 0.596. The zero-order valence-electron chi connectivity index (χ0n) is 16.3. The molecule has 0 aromatic carbocycles. The molecule has 1 saturated heterocycles. The van der Waals surface area contributed by atoms with Crippen LogP contribution in [0.25, 0.3) is 0 Å². The van der Waals surface area contributed by atoms with E-state index in [1.54, 1.807) is 11.3 Å². The third-order valence-electron chi connectivity index (χ3n) is 4.54. The van der Waals surface area contributed by atoms with Gasteiger partial charge >= 0.3 is 0 Å². The smallest absolute Gasteiger partial charge is 0.193 e. The lowest BCUT2D eigenvalue weighted by Gasteiger charge is -2.31. The highest BCUT2D eigenvalue weighted by molar-refractivity contribution is 14.0.